The second kappa shape index (κ2) is 9.57. The Labute approximate surface area is 183 Å². The summed E-state index contributed by atoms with van der Waals surface area (Å²) in [4.78, 5) is 27.6. The number of aromatic nitrogens is 1. The van der Waals surface area contributed by atoms with Crippen molar-refractivity contribution < 1.29 is 14.8 Å². The van der Waals surface area contributed by atoms with Gasteiger partial charge in [-0.3, -0.25) is 19.5 Å². The van der Waals surface area contributed by atoms with Crippen LogP contribution in [0.4, 0.5) is 11.4 Å². The first kappa shape index (κ1) is 22.2. The van der Waals surface area contributed by atoms with E-state index in [2.05, 4.69) is 4.99 Å². The molecule has 0 amide bonds. The van der Waals surface area contributed by atoms with Gasteiger partial charge in [0.1, 0.15) is 23.1 Å². The number of nitrogens with zero attached hydrogens (tertiary/aromatic N) is 4. The molecule has 0 spiro atoms. The molecule has 0 saturated carbocycles. The molecule has 0 saturated heterocycles. The molecule has 162 valence electrons. The van der Waals surface area contributed by atoms with Crippen molar-refractivity contribution in [2.24, 2.45) is 4.99 Å². The quantitative estimate of drug-likeness (QED) is 0.344. The maximum Gasteiger partial charge on any atom is 0.294 e. The largest absolute Gasteiger partial charge is 0.497 e. The second-order valence-corrected chi connectivity index (χ2v) is 6.91. The van der Waals surface area contributed by atoms with Gasteiger partial charge in [0.2, 0.25) is 5.88 Å². The van der Waals surface area contributed by atoms with Crippen LogP contribution < -0.4 is 10.3 Å². The average Bonchev–Trinajstić information content (AvgIpc) is 2.79. The van der Waals surface area contributed by atoms with Crippen LogP contribution in [0, 0.1) is 28.4 Å². The molecule has 9 heteroatoms. The molecule has 0 bridgehead atoms. The number of nitro groups is 1. The predicted molar refractivity (Wildman–Crippen MR) is 119 cm³/mol. The number of para-hydroxylation sites is 2. The molecule has 1 N–H and O–H groups in total. The minimum Gasteiger partial charge on any atom is -0.497 e. The third-order valence-corrected chi connectivity index (χ3v) is 5.04. The van der Waals surface area contributed by atoms with Crippen LogP contribution in [-0.2, 0) is 13.0 Å². The molecule has 0 unspecified atom stereocenters. The van der Waals surface area contributed by atoms with Gasteiger partial charge in [-0.2, -0.15) is 5.26 Å². The van der Waals surface area contributed by atoms with Gasteiger partial charge in [0, 0.05) is 18.8 Å². The first-order chi connectivity index (χ1) is 15.4. The van der Waals surface area contributed by atoms with E-state index in [9.17, 15) is 25.3 Å². The van der Waals surface area contributed by atoms with E-state index in [0.717, 1.165) is 10.1 Å². The van der Waals surface area contributed by atoms with Crippen LogP contribution in [0.5, 0.6) is 11.6 Å². The molecule has 3 aromatic rings. The van der Waals surface area contributed by atoms with Gasteiger partial charge in [-0.1, -0.05) is 24.3 Å². The van der Waals surface area contributed by atoms with Crippen LogP contribution in [0.15, 0.2) is 58.3 Å². The number of methoxy groups -OCH3 is 1. The normalized spacial score (nSPS) is 10.8. The smallest absolute Gasteiger partial charge is 0.294 e. The number of hydrogen-bond acceptors (Lipinski definition) is 7. The Bertz CT molecular complexity index is 1290. The number of aliphatic imine (C=N–C) groups is 1. The first-order valence-corrected chi connectivity index (χ1v) is 9.64. The number of aryl methyl sites for hydroxylation is 1. The van der Waals surface area contributed by atoms with E-state index in [0.29, 0.717) is 12.2 Å². The summed E-state index contributed by atoms with van der Waals surface area (Å²) in [5.74, 6) is 0.340. The lowest BCUT2D eigenvalue weighted by Crippen LogP contribution is -2.26. The summed E-state index contributed by atoms with van der Waals surface area (Å²) in [6.07, 6.45) is 1.66. The van der Waals surface area contributed by atoms with Crippen LogP contribution in [0.1, 0.15) is 22.3 Å². The van der Waals surface area contributed by atoms with Crippen molar-refractivity contribution in [3.05, 3.63) is 91.3 Å². The van der Waals surface area contributed by atoms with E-state index in [1.54, 1.807) is 25.3 Å². The molecule has 0 fully saturated rings. The van der Waals surface area contributed by atoms with Crippen molar-refractivity contribution in [3.63, 3.8) is 0 Å². The Morgan fingerprint density at radius 1 is 1.25 bits per heavy atom. The summed E-state index contributed by atoms with van der Waals surface area (Å²) in [5.41, 5.74) is 0.457. The molecular formula is C23H20N4O5. The van der Waals surface area contributed by atoms with E-state index < -0.39 is 10.5 Å². The minimum atomic E-state index is -0.612. The molecule has 0 aliphatic rings. The van der Waals surface area contributed by atoms with Gasteiger partial charge >= 0.3 is 0 Å². The fourth-order valence-electron chi connectivity index (χ4n) is 3.23. The van der Waals surface area contributed by atoms with Crippen LogP contribution in [-0.4, -0.2) is 27.9 Å². The summed E-state index contributed by atoms with van der Waals surface area (Å²) in [7, 11) is 1.56. The molecule has 3 rings (SSSR count). The van der Waals surface area contributed by atoms with Crippen molar-refractivity contribution >= 4 is 17.6 Å². The highest BCUT2D eigenvalue weighted by atomic mass is 16.6. The number of aromatic hydroxyl groups is 1. The zero-order valence-electron chi connectivity index (χ0n) is 17.5. The molecule has 9 nitrogen and oxygen atoms in total. The van der Waals surface area contributed by atoms with E-state index in [1.807, 2.05) is 18.2 Å². The third kappa shape index (κ3) is 4.49. The average molecular weight is 432 g/mol. The van der Waals surface area contributed by atoms with Gasteiger partial charge in [-0.05, 0) is 42.7 Å². The number of hydrogen-bond donors (Lipinski definition) is 1. The Hall–Kier alpha value is -4.45. The minimum absolute atomic E-state index is 0.0887. The van der Waals surface area contributed by atoms with E-state index in [1.165, 1.54) is 31.3 Å². The highest BCUT2D eigenvalue weighted by Crippen LogP contribution is 2.27. The summed E-state index contributed by atoms with van der Waals surface area (Å²) < 4.78 is 6.24. The van der Waals surface area contributed by atoms with Crippen LogP contribution in [0.3, 0.4) is 0 Å². The van der Waals surface area contributed by atoms with Crippen molar-refractivity contribution in [3.8, 4) is 17.7 Å². The van der Waals surface area contributed by atoms with E-state index in [-0.39, 0.29) is 40.5 Å². The lowest BCUT2D eigenvalue weighted by Gasteiger charge is -2.14. The number of rotatable bonds is 7. The van der Waals surface area contributed by atoms with Gasteiger partial charge in [0.15, 0.2) is 0 Å². The molecule has 2 aromatic carbocycles. The van der Waals surface area contributed by atoms with Crippen molar-refractivity contribution in [2.45, 2.75) is 19.9 Å². The number of pyridine rings is 1. The number of ether oxygens (including phenoxy) is 1. The predicted octanol–water partition coefficient (Wildman–Crippen LogP) is 3.64. The molecule has 1 heterocycles. The molecular weight excluding hydrogens is 412 g/mol. The van der Waals surface area contributed by atoms with E-state index >= 15 is 0 Å². The van der Waals surface area contributed by atoms with Crippen LogP contribution in [0.2, 0.25) is 0 Å². The summed E-state index contributed by atoms with van der Waals surface area (Å²) in [6, 6.07) is 15.1. The number of nitriles is 1. The summed E-state index contributed by atoms with van der Waals surface area (Å²) in [6.45, 7) is 1.65. The van der Waals surface area contributed by atoms with Gasteiger partial charge in [-0.25, -0.2) is 4.99 Å². The lowest BCUT2D eigenvalue weighted by atomic mass is 10.1. The molecule has 0 aliphatic carbocycles. The standard InChI is InChI=1S/C23H20N4O5/c1-15-18(13-24)22(28)26(12-11-16-7-9-17(32-2)10-8-16)23(29)19(15)14-25-20-5-3-4-6-21(20)27(30)31/h3-10,14,29H,11-12H2,1-2H3. The molecule has 1 aromatic heterocycles. The van der Waals surface area contributed by atoms with E-state index in [4.69, 9.17) is 4.74 Å². The van der Waals surface area contributed by atoms with Gasteiger partial charge in [-0.15, -0.1) is 0 Å². The Morgan fingerprint density at radius 3 is 2.56 bits per heavy atom. The van der Waals surface area contributed by atoms with Crippen molar-refractivity contribution in [1.29, 1.82) is 5.26 Å². The highest BCUT2D eigenvalue weighted by Gasteiger charge is 2.19. The Morgan fingerprint density at radius 2 is 1.94 bits per heavy atom. The van der Waals surface area contributed by atoms with Crippen molar-refractivity contribution in [1.82, 2.24) is 4.57 Å². The molecule has 32 heavy (non-hydrogen) atoms. The van der Waals surface area contributed by atoms with Gasteiger partial charge in [0.05, 0.1) is 17.6 Å². The topological polar surface area (TPSA) is 131 Å². The zero-order chi connectivity index (χ0) is 23.3. The number of nitro benzene ring substituents is 1. The maximum atomic E-state index is 12.8. The molecule has 0 radical (unpaired) electrons. The lowest BCUT2D eigenvalue weighted by molar-refractivity contribution is -0.384. The third-order valence-electron chi connectivity index (χ3n) is 5.04. The van der Waals surface area contributed by atoms with Crippen LogP contribution in [0.25, 0.3) is 0 Å². The highest BCUT2D eigenvalue weighted by molar-refractivity contribution is 5.88. The van der Waals surface area contributed by atoms with Gasteiger partial charge in [0.25, 0.3) is 11.2 Å². The van der Waals surface area contributed by atoms with Crippen molar-refractivity contribution in [2.75, 3.05) is 7.11 Å². The number of benzene rings is 2. The molecule has 0 atom stereocenters. The summed E-state index contributed by atoms with van der Waals surface area (Å²) in [5, 5.41) is 31.5. The first-order valence-electron chi connectivity index (χ1n) is 9.64. The SMILES string of the molecule is COc1ccc(CCn2c(O)c(C=Nc3ccccc3[N+](=O)[O-])c(C)c(C#N)c2=O)cc1. The monoisotopic (exact) mass is 432 g/mol. The van der Waals surface area contributed by atoms with Crippen LogP contribution >= 0.6 is 0 Å². The fraction of sp³-hybridized carbons (Fsp3) is 0.174. The Balaban J connectivity index is 2.01. The fourth-order valence-corrected chi connectivity index (χ4v) is 3.23. The van der Waals surface area contributed by atoms with Gasteiger partial charge < -0.3 is 9.84 Å². The zero-order valence-corrected chi connectivity index (χ0v) is 17.5. The second-order valence-electron chi connectivity index (χ2n) is 6.91. The maximum absolute atomic E-state index is 12.8. The summed E-state index contributed by atoms with van der Waals surface area (Å²) >= 11 is 0. The molecule has 0 aliphatic heterocycles. The Kier molecular flexibility index (Phi) is 6.65.